The lowest BCUT2D eigenvalue weighted by Crippen LogP contribution is -2.39. The van der Waals surface area contributed by atoms with Crippen LogP contribution in [0.5, 0.6) is 0 Å². The van der Waals surface area contributed by atoms with Crippen LogP contribution in [0.1, 0.15) is 11.3 Å². The van der Waals surface area contributed by atoms with Crippen LogP contribution in [0, 0.1) is 6.92 Å². The van der Waals surface area contributed by atoms with Gasteiger partial charge in [-0.25, -0.2) is 4.79 Å². The van der Waals surface area contributed by atoms with Crippen molar-refractivity contribution in [3.63, 3.8) is 0 Å². The molecule has 9 nitrogen and oxygen atoms in total. The molecule has 9 heteroatoms. The predicted octanol–water partition coefficient (Wildman–Crippen LogP) is 1.03. The maximum Gasteiger partial charge on any atom is 0.332 e. The molecule has 4 aromatic rings. The fraction of sp³-hybridized carbons (Fsp3) is 0.435. The van der Waals surface area contributed by atoms with E-state index in [-0.39, 0.29) is 11.2 Å². The van der Waals surface area contributed by atoms with Gasteiger partial charge in [0.25, 0.3) is 5.56 Å². The second-order valence-corrected chi connectivity index (χ2v) is 8.36. The van der Waals surface area contributed by atoms with Gasteiger partial charge in [0.1, 0.15) is 0 Å². The van der Waals surface area contributed by atoms with Gasteiger partial charge in [-0.05, 0) is 18.9 Å². The lowest BCUT2D eigenvalue weighted by molar-refractivity contribution is 0.0364. The Morgan fingerprint density at radius 2 is 1.75 bits per heavy atom. The van der Waals surface area contributed by atoms with E-state index in [4.69, 9.17) is 9.72 Å². The smallest absolute Gasteiger partial charge is 0.332 e. The average Bonchev–Trinajstić information content (AvgIpc) is 3.32. The highest BCUT2D eigenvalue weighted by Gasteiger charge is 2.20. The molecule has 0 N–H and O–H groups in total. The second kappa shape index (κ2) is 8.40. The normalized spacial score (nSPS) is 15.2. The number of aryl methyl sites for hydroxylation is 3. The molecule has 4 heterocycles. The van der Waals surface area contributed by atoms with E-state index in [0.717, 1.165) is 50.7 Å². The van der Waals surface area contributed by atoms with Crippen molar-refractivity contribution in [1.82, 2.24) is 28.0 Å². The van der Waals surface area contributed by atoms with Crippen LogP contribution in [0.25, 0.3) is 16.9 Å². The van der Waals surface area contributed by atoms with Crippen LogP contribution in [0.3, 0.4) is 0 Å². The Morgan fingerprint density at radius 1 is 1.00 bits per heavy atom. The van der Waals surface area contributed by atoms with E-state index in [2.05, 4.69) is 9.47 Å². The summed E-state index contributed by atoms with van der Waals surface area (Å²) in [5.41, 5.74) is 2.36. The molecule has 1 aromatic carbocycles. The molecule has 32 heavy (non-hydrogen) atoms. The van der Waals surface area contributed by atoms with Crippen LogP contribution in [-0.4, -0.2) is 60.8 Å². The molecule has 1 saturated heterocycles. The van der Waals surface area contributed by atoms with Crippen molar-refractivity contribution < 1.29 is 4.74 Å². The number of imidazole rings is 2. The molecule has 1 aliphatic rings. The van der Waals surface area contributed by atoms with Crippen molar-refractivity contribution in [2.45, 2.75) is 26.4 Å². The first kappa shape index (κ1) is 20.7. The topological polar surface area (TPSA) is 78.7 Å². The van der Waals surface area contributed by atoms with Crippen LogP contribution in [0.2, 0.25) is 0 Å². The van der Waals surface area contributed by atoms with Crippen molar-refractivity contribution in [2.75, 3.05) is 32.8 Å². The standard InChI is InChI=1S/C23H28N6O3/c1-17-16-29-19-20(24-22(29)27(17)11-10-26-12-14-32-15-13-26)25(2)23(31)28(21(19)30)9-8-18-6-4-3-5-7-18/h3-7,16H,8-15H2,1-2H3. The Morgan fingerprint density at radius 3 is 2.50 bits per heavy atom. The number of fused-ring (bicyclic) bond motifs is 3. The Balaban J connectivity index is 1.53. The SMILES string of the molecule is Cc1cn2c3c(=O)n(CCc4ccccc4)c(=O)n(C)c3nc2n1CCN1CCOCC1. The van der Waals surface area contributed by atoms with Gasteiger partial charge in [-0.15, -0.1) is 0 Å². The summed E-state index contributed by atoms with van der Waals surface area (Å²) in [5.74, 6) is 0.693. The van der Waals surface area contributed by atoms with Gasteiger partial charge in [-0.1, -0.05) is 30.3 Å². The molecule has 0 spiro atoms. The highest BCUT2D eigenvalue weighted by Crippen LogP contribution is 2.16. The predicted molar refractivity (Wildman–Crippen MR) is 122 cm³/mol. The van der Waals surface area contributed by atoms with Gasteiger partial charge in [-0.3, -0.25) is 23.2 Å². The van der Waals surface area contributed by atoms with Crippen molar-refractivity contribution in [2.24, 2.45) is 7.05 Å². The molecule has 3 aromatic heterocycles. The second-order valence-electron chi connectivity index (χ2n) is 8.36. The molecule has 1 aliphatic heterocycles. The van der Waals surface area contributed by atoms with Crippen LogP contribution < -0.4 is 11.2 Å². The maximum absolute atomic E-state index is 13.4. The number of hydrogen-bond acceptors (Lipinski definition) is 5. The van der Waals surface area contributed by atoms with Gasteiger partial charge in [0.2, 0.25) is 5.78 Å². The largest absolute Gasteiger partial charge is 0.379 e. The Hall–Kier alpha value is -3.17. The zero-order chi connectivity index (χ0) is 22.2. The van der Waals surface area contributed by atoms with E-state index in [1.54, 1.807) is 7.05 Å². The summed E-state index contributed by atoms with van der Waals surface area (Å²) in [4.78, 5) is 33.4. The third-order valence-electron chi connectivity index (χ3n) is 6.35. The van der Waals surface area contributed by atoms with Crippen LogP contribution >= 0.6 is 0 Å². The summed E-state index contributed by atoms with van der Waals surface area (Å²) in [5, 5.41) is 0. The molecule has 1 fully saturated rings. The average molecular weight is 437 g/mol. The zero-order valence-electron chi connectivity index (χ0n) is 18.5. The molecule has 0 amide bonds. The molecule has 168 valence electrons. The summed E-state index contributed by atoms with van der Waals surface area (Å²) in [7, 11) is 1.68. The van der Waals surface area contributed by atoms with Gasteiger partial charge >= 0.3 is 5.69 Å². The van der Waals surface area contributed by atoms with E-state index in [1.165, 1.54) is 9.13 Å². The summed E-state index contributed by atoms with van der Waals surface area (Å²) in [6, 6.07) is 9.88. The van der Waals surface area contributed by atoms with Crippen molar-refractivity contribution in [3.8, 4) is 0 Å². The Labute approximate surface area is 185 Å². The third-order valence-corrected chi connectivity index (χ3v) is 6.35. The lowest BCUT2D eigenvalue weighted by atomic mass is 10.1. The number of benzene rings is 1. The number of hydrogen-bond donors (Lipinski definition) is 0. The molecule has 0 radical (unpaired) electrons. The first-order chi connectivity index (χ1) is 15.5. The van der Waals surface area contributed by atoms with Gasteiger partial charge in [0.05, 0.1) is 13.2 Å². The van der Waals surface area contributed by atoms with E-state index in [9.17, 15) is 9.59 Å². The van der Waals surface area contributed by atoms with Crippen molar-refractivity contribution >= 4 is 16.9 Å². The minimum atomic E-state index is -0.337. The Bertz CT molecular complexity index is 1370. The quantitative estimate of drug-likeness (QED) is 0.451. The molecule has 0 aliphatic carbocycles. The van der Waals surface area contributed by atoms with Crippen LogP contribution in [0.15, 0.2) is 46.1 Å². The minimum Gasteiger partial charge on any atom is -0.379 e. The first-order valence-corrected chi connectivity index (χ1v) is 11.1. The molecule has 0 saturated carbocycles. The summed E-state index contributed by atoms with van der Waals surface area (Å²) >= 11 is 0. The maximum atomic E-state index is 13.4. The zero-order valence-corrected chi connectivity index (χ0v) is 18.5. The molecular weight excluding hydrogens is 408 g/mol. The molecule has 0 atom stereocenters. The highest BCUT2D eigenvalue weighted by molar-refractivity contribution is 5.75. The highest BCUT2D eigenvalue weighted by atomic mass is 16.5. The lowest BCUT2D eigenvalue weighted by Gasteiger charge is -2.26. The third kappa shape index (κ3) is 3.57. The number of morpholine rings is 1. The first-order valence-electron chi connectivity index (χ1n) is 11.1. The number of aromatic nitrogens is 5. The van der Waals surface area contributed by atoms with E-state index >= 15 is 0 Å². The summed E-state index contributed by atoms with van der Waals surface area (Å²) in [6.07, 6.45) is 2.56. The minimum absolute atomic E-state index is 0.295. The number of nitrogens with zero attached hydrogens (tertiary/aromatic N) is 6. The van der Waals surface area contributed by atoms with Crippen LogP contribution in [0.4, 0.5) is 0 Å². The molecule has 5 rings (SSSR count). The van der Waals surface area contributed by atoms with Gasteiger partial charge < -0.3 is 9.30 Å². The Kier molecular flexibility index (Phi) is 5.44. The van der Waals surface area contributed by atoms with Crippen molar-refractivity contribution in [1.29, 1.82) is 0 Å². The summed E-state index contributed by atoms with van der Waals surface area (Å²) in [6.45, 7) is 7.38. The van der Waals surface area contributed by atoms with Crippen molar-refractivity contribution in [3.05, 3.63) is 68.6 Å². The molecular formula is C23H28N6O3. The van der Waals surface area contributed by atoms with Gasteiger partial charge in [-0.2, -0.15) is 4.98 Å². The molecule has 0 bridgehead atoms. The van der Waals surface area contributed by atoms with E-state index < -0.39 is 0 Å². The van der Waals surface area contributed by atoms with E-state index in [1.807, 2.05) is 47.9 Å². The number of rotatable bonds is 6. The fourth-order valence-corrected chi connectivity index (χ4v) is 4.48. The van der Waals surface area contributed by atoms with Gasteiger partial charge in [0.15, 0.2) is 11.2 Å². The van der Waals surface area contributed by atoms with E-state index in [0.29, 0.717) is 29.9 Å². The van der Waals surface area contributed by atoms with Crippen LogP contribution in [-0.2, 0) is 31.3 Å². The summed E-state index contributed by atoms with van der Waals surface area (Å²) < 4.78 is 12.2. The monoisotopic (exact) mass is 436 g/mol. The molecule has 0 unspecified atom stereocenters. The van der Waals surface area contributed by atoms with Gasteiger partial charge in [0, 0.05) is 51.7 Å². The number of ether oxygens (including phenoxy) is 1. The fourth-order valence-electron chi connectivity index (χ4n) is 4.48.